The third-order valence-electron chi connectivity index (χ3n) is 4.46. The van der Waals surface area contributed by atoms with E-state index in [1.54, 1.807) is 4.90 Å². The summed E-state index contributed by atoms with van der Waals surface area (Å²) in [6, 6.07) is 9.18. The van der Waals surface area contributed by atoms with Crippen molar-refractivity contribution >= 4 is 17.6 Å². The van der Waals surface area contributed by atoms with Crippen LogP contribution in [-0.2, 0) is 4.79 Å². The first-order valence-electron chi connectivity index (χ1n) is 7.62. The number of piperidine rings is 1. The lowest BCUT2D eigenvalue weighted by Crippen LogP contribution is -2.54. The van der Waals surface area contributed by atoms with E-state index in [9.17, 15) is 9.59 Å². The number of carbonyl (C=O) groups excluding carboxylic acids is 2. The number of rotatable bonds is 3. The highest BCUT2D eigenvalue weighted by molar-refractivity contribution is 5.97. The molecule has 2 N–H and O–H groups in total. The molecule has 0 aromatic heterocycles. The normalized spacial score (nSPS) is 26.7. The summed E-state index contributed by atoms with van der Waals surface area (Å²) in [5, 5.41) is 5.76. The summed E-state index contributed by atoms with van der Waals surface area (Å²) in [7, 11) is 0. The van der Waals surface area contributed by atoms with Gasteiger partial charge in [-0.05, 0) is 44.2 Å². The number of hydrogen-bond donors (Lipinski definition) is 2. The molecular weight excluding hydrogens is 266 g/mol. The van der Waals surface area contributed by atoms with Crippen LogP contribution in [0.15, 0.2) is 30.3 Å². The molecule has 3 atom stereocenters. The van der Waals surface area contributed by atoms with Crippen LogP contribution in [0.2, 0.25) is 0 Å². The lowest BCUT2D eigenvalue weighted by molar-refractivity contribution is -0.121. The summed E-state index contributed by atoms with van der Waals surface area (Å²) in [6.07, 6.45) is 2.99. The maximum Gasteiger partial charge on any atom is 0.318 e. The number of amides is 3. The van der Waals surface area contributed by atoms with Crippen LogP contribution in [0, 0.1) is 5.92 Å². The van der Waals surface area contributed by atoms with Crippen molar-refractivity contribution in [1.82, 2.24) is 10.2 Å². The second-order valence-electron chi connectivity index (χ2n) is 5.77. The predicted octanol–water partition coefficient (Wildman–Crippen LogP) is 2.21. The van der Waals surface area contributed by atoms with E-state index in [1.165, 1.54) is 0 Å². The van der Waals surface area contributed by atoms with Gasteiger partial charge in [-0.1, -0.05) is 18.2 Å². The summed E-state index contributed by atoms with van der Waals surface area (Å²) in [4.78, 5) is 26.6. The zero-order valence-electron chi connectivity index (χ0n) is 12.2. The Labute approximate surface area is 124 Å². The number of urea groups is 1. The number of nitrogens with zero attached hydrogens (tertiary/aromatic N) is 1. The molecule has 1 aromatic rings. The lowest BCUT2D eigenvalue weighted by atomic mass is 9.98. The monoisotopic (exact) mass is 287 g/mol. The van der Waals surface area contributed by atoms with Gasteiger partial charge in [-0.3, -0.25) is 4.79 Å². The van der Waals surface area contributed by atoms with E-state index in [2.05, 4.69) is 10.6 Å². The average Bonchev–Trinajstić information content (AvgIpc) is 3.09. The Morgan fingerprint density at radius 2 is 2.00 bits per heavy atom. The highest BCUT2D eigenvalue weighted by atomic mass is 16.2. The minimum atomic E-state index is -0.337. The van der Waals surface area contributed by atoms with Crippen LogP contribution in [0.5, 0.6) is 0 Å². The highest BCUT2D eigenvalue weighted by Gasteiger charge is 2.51. The molecule has 0 unspecified atom stereocenters. The van der Waals surface area contributed by atoms with Crippen molar-refractivity contribution in [1.29, 1.82) is 0 Å². The molecule has 5 heteroatoms. The Hall–Kier alpha value is -2.04. The summed E-state index contributed by atoms with van der Waals surface area (Å²) in [6.45, 7) is 2.48. The van der Waals surface area contributed by atoms with Crippen LogP contribution in [0.25, 0.3) is 0 Å². The molecule has 1 saturated heterocycles. The number of hydrogen-bond acceptors (Lipinski definition) is 2. The van der Waals surface area contributed by atoms with Gasteiger partial charge in [0.2, 0.25) is 5.91 Å². The van der Waals surface area contributed by atoms with E-state index in [1.807, 2.05) is 37.3 Å². The summed E-state index contributed by atoms with van der Waals surface area (Å²) in [5.74, 6) is 0.223. The maximum absolute atomic E-state index is 12.6. The van der Waals surface area contributed by atoms with E-state index in [0.29, 0.717) is 12.5 Å². The number of likely N-dealkylation sites (tertiary alicyclic amines) is 1. The first kappa shape index (κ1) is 13.9. The van der Waals surface area contributed by atoms with E-state index >= 15 is 0 Å². The van der Waals surface area contributed by atoms with Crippen molar-refractivity contribution in [2.45, 2.75) is 38.3 Å². The fourth-order valence-electron chi connectivity index (χ4n) is 3.60. The first-order chi connectivity index (χ1) is 10.2. The van der Waals surface area contributed by atoms with E-state index in [0.717, 1.165) is 24.9 Å². The Morgan fingerprint density at radius 1 is 1.24 bits per heavy atom. The number of fused-ring (bicyclic) bond motifs is 2. The lowest BCUT2D eigenvalue weighted by Gasteiger charge is -2.34. The molecule has 0 radical (unpaired) electrons. The first-order valence-corrected chi connectivity index (χ1v) is 7.62. The molecule has 1 aromatic carbocycles. The Kier molecular flexibility index (Phi) is 3.82. The van der Waals surface area contributed by atoms with Gasteiger partial charge < -0.3 is 15.5 Å². The summed E-state index contributed by atoms with van der Waals surface area (Å²) in [5.41, 5.74) is 0.779. The smallest absolute Gasteiger partial charge is 0.318 e. The molecule has 1 heterocycles. The number of para-hydroxylation sites is 1. The summed E-state index contributed by atoms with van der Waals surface area (Å²) >= 11 is 0. The molecule has 1 aliphatic carbocycles. The van der Waals surface area contributed by atoms with Gasteiger partial charge in [0.1, 0.15) is 6.04 Å². The van der Waals surface area contributed by atoms with Crippen LogP contribution >= 0.6 is 0 Å². The predicted molar refractivity (Wildman–Crippen MR) is 80.9 cm³/mol. The molecule has 1 aliphatic heterocycles. The molecule has 0 spiro atoms. The number of benzene rings is 1. The van der Waals surface area contributed by atoms with Crippen LogP contribution in [-0.4, -0.2) is 35.5 Å². The Balaban J connectivity index is 1.75. The van der Waals surface area contributed by atoms with Gasteiger partial charge in [0.05, 0.1) is 0 Å². The fraction of sp³-hybridized carbons (Fsp3) is 0.500. The van der Waals surface area contributed by atoms with Crippen molar-refractivity contribution in [2.24, 2.45) is 5.92 Å². The van der Waals surface area contributed by atoms with Crippen LogP contribution in [0.4, 0.5) is 10.5 Å². The van der Waals surface area contributed by atoms with Crippen molar-refractivity contribution in [3.8, 4) is 0 Å². The largest absolute Gasteiger partial charge is 0.338 e. The van der Waals surface area contributed by atoms with Gasteiger partial charge in [-0.25, -0.2) is 4.79 Å². The van der Waals surface area contributed by atoms with Gasteiger partial charge in [-0.15, -0.1) is 0 Å². The molecule has 1 saturated carbocycles. The molecular formula is C16H21N3O2. The molecule has 2 bridgehead atoms. The Morgan fingerprint density at radius 3 is 2.71 bits per heavy atom. The van der Waals surface area contributed by atoms with Crippen molar-refractivity contribution < 1.29 is 9.59 Å². The minimum absolute atomic E-state index is 0.0698. The van der Waals surface area contributed by atoms with Gasteiger partial charge >= 0.3 is 6.03 Å². The van der Waals surface area contributed by atoms with Crippen LogP contribution < -0.4 is 10.6 Å². The fourth-order valence-corrected chi connectivity index (χ4v) is 3.60. The molecule has 5 nitrogen and oxygen atoms in total. The quantitative estimate of drug-likeness (QED) is 0.895. The maximum atomic E-state index is 12.6. The Bertz CT molecular complexity index is 532. The van der Waals surface area contributed by atoms with Crippen molar-refractivity contribution in [3.63, 3.8) is 0 Å². The van der Waals surface area contributed by atoms with Gasteiger partial charge in [0, 0.05) is 18.3 Å². The third kappa shape index (κ3) is 2.60. The topological polar surface area (TPSA) is 61.4 Å². The van der Waals surface area contributed by atoms with Gasteiger partial charge in [0.15, 0.2) is 0 Å². The van der Waals surface area contributed by atoms with Crippen LogP contribution in [0.3, 0.4) is 0 Å². The van der Waals surface area contributed by atoms with Crippen LogP contribution in [0.1, 0.15) is 26.2 Å². The standard InChI is InChI=1S/C16H21N3O2/c1-2-17-16(21)19-13-9-8-11(10-13)14(19)15(20)18-12-6-4-3-5-7-12/h3-7,11,13-14H,2,8-10H2,1H3,(H,17,21)(H,18,20)/t11-,13-,14-/m0/s1. The zero-order valence-corrected chi connectivity index (χ0v) is 12.2. The second-order valence-corrected chi connectivity index (χ2v) is 5.77. The van der Waals surface area contributed by atoms with E-state index < -0.39 is 0 Å². The highest BCUT2D eigenvalue weighted by Crippen LogP contribution is 2.42. The molecule has 3 amide bonds. The van der Waals surface area contributed by atoms with Crippen molar-refractivity contribution in [2.75, 3.05) is 11.9 Å². The van der Waals surface area contributed by atoms with E-state index in [-0.39, 0.29) is 24.0 Å². The number of anilines is 1. The zero-order chi connectivity index (χ0) is 14.8. The van der Waals surface area contributed by atoms with Gasteiger partial charge in [-0.2, -0.15) is 0 Å². The SMILES string of the molecule is CCNC(=O)N1[C@H]2CC[C@@H](C2)[C@H]1C(=O)Nc1ccccc1. The number of nitrogens with one attached hydrogen (secondary N) is 2. The second kappa shape index (κ2) is 5.76. The van der Waals surface area contributed by atoms with E-state index in [4.69, 9.17) is 0 Å². The van der Waals surface area contributed by atoms with Gasteiger partial charge in [0.25, 0.3) is 0 Å². The molecule has 2 aliphatic rings. The molecule has 2 fully saturated rings. The van der Waals surface area contributed by atoms with Crippen molar-refractivity contribution in [3.05, 3.63) is 30.3 Å². The average molecular weight is 287 g/mol. The molecule has 3 rings (SSSR count). The number of carbonyl (C=O) groups is 2. The molecule has 112 valence electrons. The minimum Gasteiger partial charge on any atom is -0.338 e. The molecule has 21 heavy (non-hydrogen) atoms. The summed E-state index contributed by atoms with van der Waals surface area (Å²) < 4.78 is 0. The third-order valence-corrected chi connectivity index (χ3v) is 4.46.